The van der Waals surface area contributed by atoms with Gasteiger partial charge in [-0.3, -0.25) is 10.5 Å². The smallest absolute Gasteiger partial charge is 0.169 e. The first-order chi connectivity index (χ1) is 8.13. The van der Waals surface area contributed by atoms with Crippen molar-refractivity contribution in [3.63, 3.8) is 0 Å². The Morgan fingerprint density at radius 1 is 1.50 bits per heavy atom. The fourth-order valence-electron chi connectivity index (χ4n) is 2.11. The van der Waals surface area contributed by atoms with Crippen LogP contribution in [0.2, 0.25) is 0 Å². The molecule has 0 saturated heterocycles. The van der Waals surface area contributed by atoms with Gasteiger partial charge in [0.2, 0.25) is 0 Å². The van der Waals surface area contributed by atoms with Crippen LogP contribution in [0, 0.1) is 5.92 Å². The molecule has 3 N–H and O–H groups in total. The van der Waals surface area contributed by atoms with E-state index in [4.69, 9.17) is 10.5 Å². The number of carbonyl (C=O) groups excluding carboxylic acids is 1. The van der Waals surface area contributed by atoms with E-state index in [1.165, 1.54) is 7.11 Å². The summed E-state index contributed by atoms with van der Waals surface area (Å²) in [6, 6.07) is 6.93. The van der Waals surface area contributed by atoms with Crippen LogP contribution in [0.25, 0.3) is 0 Å². The molecule has 0 bridgehead atoms. The number of ether oxygens (including phenoxy) is 1. The van der Waals surface area contributed by atoms with Gasteiger partial charge in [0.05, 0.1) is 0 Å². The van der Waals surface area contributed by atoms with Gasteiger partial charge >= 0.3 is 0 Å². The van der Waals surface area contributed by atoms with Gasteiger partial charge in [0.15, 0.2) is 5.72 Å². The Kier molecular flexibility index (Phi) is 4.87. The molecule has 0 aliphatic heterocycles. The predicted octanol–water partition coefficient (Wildman–Crippen LogP) is 1.45. The number of nitrogens with two attached hydrogens (primary N) is 1. The number of hydrogen-bond donors (Lipinski definition) is 2. The number of methoxy groups -OCH3 is 1. The van der Waals surface area contributed by atoms with Crippen molar-refractivity contribution in [2.24, 2.45) is 11.7 Å². The van der Waals surface area contributed by atoms with Gasteiger partial charge in [0, 0.05) is 18.2 Å². The van der Waals surface area contributed by atoms with E-state index in [9.17, 15) is 9.90 Å². The van der Waals surface area contributed by atoms with Crippen LogP contribution in [-0.4, -0.2) is 24.6 Å². The molecule has 2 rings (SSSR count). The highest BCUT2D eigenvalue weighted by atomic mass is 35.5. The van der Waals surface area contributed by atoms with Crippen LogP contribution in [0.4, 0.5) is 0 Å². The fourth-order valence-corrected chi connectivity index (χ4v) is 2.11. The van der Waals surface area contributed by atoms with Gasteiger partial charge in [-0.15, -0.1) is 12.4 Å². The minimum Gasteiger partial charge on any atom is -0.388 e. The average molecular weight is 272 g/mol. The lowest BCUT2D eigenvalue weighted by molar-refractivity contribution is -0.114. The predicted molar refractivity (Wildman–Crippen MR) is 70.7 cm³/mol. The van der Waals surface area contributed by atoms with Gasteiger partial charge in [0.1, 0.15) is 12.4 Å². The molecule has 4 nitrogen and oxygen atoms in total. The van der Waals surface area contributed by atoms with Crippen molar-refractivity contribution in [2.45, 2.75) is 24.7 Å². The monoisotopic (exact) mass is 271 g/mol. The summed E-state index contributed by atoms with van der Waals surface area (Å²) < 4.78 is 5.30. The number of benzene rings is 1. The van der Waals surface area contributed by atoms with Gasteiger partial charge in [-0.1, -0.05) is 24.3 Å². The van der Waals surface area contributed by atoms with Gasteiger partial charge in [0.25, 0.3) is 0 Å². The number of hydrogen-bond acceptors (Lipinski definition) is 4. The van der Waals surface area contributed by atoms with E-state index in [2.05, 4.69) is 0 Å². The van der Waals surface area contributed by atoms with Crippen LogP contribution < -0.4 is 5.73 Å². The molecular weight excluding hydrogens is 254 g/mol. The zero-order valence-corrected chi connectivity index (χ0v) is 11.0. The van der Waals surface area contributed by atoms with Crippen molar-refractivity contribution in [2.75, 3.05) is 7.11 Å². The fraction of sp³-hybridized carbons (Fsp3) is 0.462. The molecule has 18 heavy (non-hydrogen) atoms. The second-order valence-corrected chi connectivity index (χ2v) is 4.48. The molecule has 1 aromatic rings. The van der Waals surface area contributed by atoms with Crippen LogP contribution in [0.1, 0.15) is 28.8 Å². The van der Waals surface area contributed by atoms with Crippen molar-refractivity contribution in [1.29, 1.82) is 0 Å². The van der Waals surface area contributed by atoms with Gasteiger partial charge < -0.3 is 9.84 Å². The minimum absolute atomic E-state index is 0. The molecule has 5 heteroatoms. The maximum Gasteiger partial charge on any atom is 0.169 e. The molecule has 0 radical (unpaired) electrons. The molecule has 1 fully saturated rings. The third-order valence-electron chi connectivity index (χ3n) is 3.35. The standard InChI is InChI=1S/C13H17NO3.ClH/c1-17-13(14,12(16)9-6-7-9)11-5-3-2-4-10(11)8-15;/h2-5,8-9,12,16H,6-7,14H2,1H3;1H/t12-,13-;/m1./s1. The molecule has 1 aliphatic rings. The highest BCUT2D eigenvalue weighted by Crippen LogP contribution is 2.40. The zero-order valence-electron chi connectivity index (χ0n) is 10.2. The van der Waals surface area contributed by atoms with E-state index in [1.807, 2.05) is 0 Å². The Labute approximate surface area is 113 Å². The Morgan fingerprint density at radius 3 is 2.61 bits per heavy atom. The highest BCUT2D eigenvalue weighted by Gasteiger charge is 2.45. The van der Waals surface area contributed by atoms with Crippen LogP contribution >= 0.6 is 12.4 Å². The Balaban J connectivity index is 0.00000162. The number of aldehydes is 1. The minimum atomic E-state index is -1.31. The molecule has 1 aromatic carbocycles. The van der Waals surface area contributed by atoms with Gasteiger partial charge in [-0.05, 0) is 18.8 Å². The van der Waals surface area contributed by atoms with Crippen LogP contribution in [-0.2, 0) is 10.5 Å². The molecule has 0 amide bonds. The summed E-state index contributed by atoms with van der Waals surface area (Å²) in [7, 11) is 1.45. The first kappa shape index (κ1) is 15.1. The van der Waals surface area contributed by atoms with Crippen molar-refractivity contribution in [3.8, 4) is 0 Å². The van der Waals surface area contributed by atoms with Crippen LogP contribution in [0.5, 0.6) is 0 Å². The first-order valence-electron chi connectivity index (χ1n) is 5.70. The Morgan fingerprint density at radius 2 is 2.11 bits per heavy atom. The number of aliphatic hydroxyl groups excluding tert-OH is 1. The van der Waals surface area contributed by atoms with Crippen molar-refractivity contribution in [1.82, 2.24) is 0 Å². The average Bonchev–Trinajstić information content (AvgIpc) is 3.21. The van der Waals surface area contributed by atoms with E-state index in [0.29, 0.717) is 11.1 Å². The number of halogens is 1. The first-order valence-corrected chi connectivity index (χ1v) is 5.70. The molecule has 0 unspecified atom stereocenters. The second kappa shape index (κ2) is 5.80. The second-order valence-electron chi connectivity index (χ2n) is 4.48. The molecule has 1 aliphatic carbocycles. The van der Waals surface area contributed by atoms with E-state index in [1.54, 1.807) is 24.3 Å². The van der Waals surface area contributed by atoms with Gasteiger partial charge in [-0.2, -0.15) is 0 Å². The van der Waals surface area contributed by atoms with Crippen molar-refractivity contribution >= 4 is 18.7 Å². The molecule has 0 heterocycles. The van der Waals surface area contributed by atoms with E-state index in [-0.39, 0.29) is 18.3 Å². The molecule has 0 aromatic heterocycles. The van der Waals surface area contributed by atoms with E-state index < -0.39 is 11.8 Å². The lowest BCUT2D eigenvalue weighted by atomic mass is 9.91. The third kappa shape index (κ3) is 2.57. The molecule has 2 atom stereocenters. The summed E-state index contributed by atoms with van der Waals surface area (Å²) in [6.07, 6.45) is 1.85. The highest BCUT2D eigenvalue weighted by molar-refractivity contribution is 5.85. The van der Waals surface area contributed by atoms with Gasteiger partial charge in [-0.25, -0.2) is 0 Å². The van der Waals surface area contributed by atoms with E-state index >= 15 is 0 Å². The maximum absolute atomic E-state index is 11.0. The molecular formula is C13H18ClNO3. The maximum atomic E-state index is 11.0. The molecule has 0 spiro atoms. The third-order valence-corrected chi connectivity index (χ3v) is 3.35. The summed E-state index contributed by atoms with van der Waals surface area (Å²) in [4.78, 5) is 11.0. The number of aliphatic hydroxyl groups is 1. The quantitative estimate of drug-likeness (QED) is 0.628. The number of rotatable bonds is 5. The SMILES string of the molecule is CO[C@](N)(c1ccccc1C=O)[C@H](O)C1CC1.Cl. The summed E-state index contributed by atoms with van der Waals surface area (Å²) in [5, 5.41) is 10.2. The lowest BCUT2D eigenvalue weighted by Crippen LogP contribution is -2.51. The van der Waals surface area contributed by atoms with Crippen LogP contribution in [0.15, 0.2) is 24.3 Å². The molecule has 100 valence electrons. The summed E-state index contributed by atoms with van der Waals surface area (Å²) >= 11 is 0. The summed E-state index contributed by atoms with van der Waals surface area (Å²) in [5.41, 5.74) is 5.84. The Bertz CT molecular complexity index is 422. The lowest BCUT2D eigenvalue weighted by Gasteiger charge is -2.34. The topological polar surface area (TPSA) is 72.5 Å². The normalized spacial score (nSPS) is 19.5. The van der Waals surface area contributed by atoms with Crippen molar-refractivity contribution in [3.05, 3.63) is 35.4 Å². The summed E-state index contributed by atoms with van der Waals surface area (Å²) in [5.74, 6) is 0.166. The summed E-state index contributed by atoms with van der Waals surface area (Å²) in [6.45, 7) is 0. The number of carbonyl (C=O) groups is 1. The zero-order chi connectivity index (χ0) is 12.5. The largest absolute Gasteiger partial charge is 0.388 e. The Hall–Kier alpha value is -0.940. The van der Waals surface area contributed by atoms with Crippen molar-refractivity contribution < 1.29 is 14.6 Å². The van der Waals surface area contributed by atoms with Crippen LogP contribution in [0.3, 0.4) is 0 Å². The van der Waals surface area contributed by atoms with E-state index in [0.717, 1.165) is 19.1 Å². The molecule has 1 saturated carbocycles.